The molecule has 2 aromatic heterocycles. The van der Waals surface area contributed by atoms with Gasteiger partial charge in [0.25, 0.3) is 0 Å². The number of carbonyl (C=O) groups excluding carboxylic acids is 1. The molecule has 4 heterocycles. The number of methoxy groups -OCH3 is 1. The largest absolute Gasteiger partial charge is 0.381 e. The molecule has 0 unspecified atom stereocenters. The van der Waals surface area contributed by atoms with Crippen molar-refractivity contribution in [3.63, 3.8) is 0 Å². The summed E-state index contributed by atoms with van der Waals surface area (Å²) < 4.78 is 7.71. The monoisotopic (exact) mass is 473 g/mol. The molecule has 9 heteroatoms. The van der Waals surface area contributed by atoms with E-state index in [4.69, 9.17) is 4.74 Å². The molecule has 0 radical (unpaired) electrons. The molecule has 1 saturated carbocycles. The molecule has 0 bridgehead atoms. The molecule has 182 valence electrons. The number of nitrogens with one attached hydrogen (secondary N) is 1. The van der Waals surface area contributed by atoms with Crippen molar-refractivity contribution in [1.29, 1.82) is 0 Å². The minimum atomic E-state index is 0.00707. The Morgan fingerprint density at radius 2 is 1.94 bits per heavy atom. The molecule has 0 atom stereocenters. The van der Waals surface area contributed by atoms with Crippen LogP contribution in [-0.4, -0.2) is 45.4 Å². The predicted octanol–water partition coefficient (Wildman–Crippen LogP) is 3.80. The molecule has 3 aliphatic rings. The molecule has 1 N–H and O–H groups in total. The van der Waals surface area contributed by atoms with Crippen molar-refractivity contribution in [2.45, 2.75) is 58.3 Å². The smallest absolute Gasteiger partial charge is 0.230 e. The third-order valence-corrected chi connectivity index (χ3v) is 7.67. The van der Waals surface area contributed by atoms with E-state index in [0.29, 0.717) is 13.1 Å². The average Bonchev–Trinajstić information content (AvgIpc) is 3.18. The first kappa shape index (κ1) is 22.0. The van der Waals surface area contributed by atoms with Gasteiger partial charge >= 0.3 is 0 Å². The summed E-state index contributed by atoms with van der Waals surface area (Å²) in [5.74, 6) is 2.93. The lowest BCUT2D eigenvalue weighted by Crippen LogP contribution is -2.38. The van der Waals surface area contributed by atoms with Gasteiger partial charge < -0.3 is 24.4 Å². The zero-order chi connectivity index (χ0) is 23.9. The van der Waals surface area contributed by atoms with Crippen LogP contribution in [0.5, 0.6) is 0 Å². The van der Waals surface area contributed by atoms with Gasteiger partial charge in [-0.1, -0.05) is 6.07 Å². The maximum Gasteiger partial charge on any atom is 0.230 e. The van der Waals surface area contributed by atoms with Crippen molar-refractivity contribution in [3.8, 4) is 0 Å². The minimum Gasteiger partial charge on any atom is -0.381 e. The maximum atomic E-state index is 13.9. The number of pyridine rings is 1. The van der Waals surface area contributed by atoms with E-state index in [9.17, 15) is 4.79 Å². The molecule has 6 rings (SSSR count). The van der Waals surface area contributed by atoms with E-state index in [-0.39, 0.29) is 17.9 Å². The first-order chi connectivity index (χ1) is 17.1. The highest BCUT2D eigenvalue weighted by molar-refractivity contribution is 6.00. The predicted molar refractivity (Wildman–Crippen MR) is 134 cm³/mol. The van der Waals surface area contributed by atoms with Gasteiger partial charge in [-0.25, -0.2) is 4.98 Å². The Morgan fingerprint density at radius 1 is 1.09 bits per heavy atom. The van der Waals surface area contributed by atoms with Gasteiger partial charge in [-0.05, 0) is 56.9 Å². The Bertz CT molecular complexity index is 1250. The van der Waals surface area contributed by atoms with Crippen molar-refractivity contribution in [2.24, 2.45) is 5.92 Å². The van der Waals surface area contributed by atoms with Crippen LogP contribution in [0.4, 0.5) is 22.9 Å². The molecular weight excluding hydrogens is 442 g/mol. The molecule has 3 aromatic rings. The Morgan fingerprint density at radius 3 is 2.77 bits per heavy atom. The number of benzene rings is 1. The second-order valence-corrected chi connectivity index (χ2v) is 9.71. The maximum absolute atomic E-state index is 13.9. The van der Waals surface area contributed by atoms with E-state index in [1.54, 1.807) is 13.3 Å². The third kappa shape index (κ3) is 4.03. The summed E-state index contributed by atoms with van der Waals surface area (Å²) in [7, 11) is 1.76. The summed E-state index contributed by atoms with van der Waals surface area (Å²) in [6, 6.07) is 10.3. The van der Waals surface area contributed by atoms with E-state index >= 15 is 0 Å². The Balaban J connectivity index is 1.34. The van der Waals surface area contributed by atoms with Crippen molar-refractivity contribution >= 4 is 28.8 Å². The fraction of sp³-hybridized carbons (Fsp3) is 0.462. The number of nitrogens with zero attached hydrogens (tertiary/aromatic N) is 6. The highest BCUT2D eigenvalue weighted by Crippen LogP contribution is 2.40. The number of amides is 1. The molecule has 1 fully saturated rings. The van der Waals surface area contributed by atoms with Crippen LogP contribution in [0.15, 0.2) is 36.5 Å². The molecule has 1 amide bonds. The lowest BCUT2D eigenvalue weighted by molar-refractivity contribution is -0.124. The van der Waals surface area contributed by atoms with Gasteiger partial charge in [-0.15, -0.1) is 10.2 Å². The van der Waals surface area contributed by atoms with Gasteiger partial charge in [-0.3, -0.25) is 4.79 Å². The average molecular weight is 474 g/mol. The SMILES string of the molecule is CO[C@H]1CC[C@H](C(=O)N2Cc3cccnc3Nc3ccc(N4CCn5c(C)nnc5C4)cc32)CC1. The molecule has 0 saturated heterocycles. The van der Waals surface area contributed by atoms with Gasteiger partial charge in [-0.2, -0.15) is 0 Å². The van der Waals surface area contributed by atoms with Crippen LogP contribution in [-0.2, 0) is 29.2 Å². The number of hydrogen-bond acceptors (Lipinski definition) is 7. The number of aromatic nitrogens is 4. The number of fused-ring (bicyclic) bond motifs is 3. The normalized spacial score (nSPS) is 21.4. The molecule has 1 aliphatic carbocycles. The number of anilines is 4. The summed E-state index contributed by atoms with van der Waals surface area (Å²) >= 11 is 0. The Hall–Kier alpha value is -3.46. The fourth-order valence-corrected chi connectivity index (χ4v) is 5.59. The lowest BCUT2D eigenvalue weighted by atomic mass is 9.86. The standard InChI is InChI=1S/C26H31N7O2/c1-17-29-30-24-16-31(12-13-32(17)24)20-7-10-22-23(14-20)33(15-19-4-3-11-27-25(19)28-22)26(34)18-5-8-21(35-2)9-6-18/h3-4,7,10-11,14,18,21H,5-6,8-9,12-13,15-16H2,1-2H3,(H,27,28)/t18-,21-. The Kier molecular flexibility index (Phi) is 5.64. The van der Waals surface area contributed by atoms with Crippen LogP contribution < -0.4 is 15.1 Å². The van der Waals surface area contributed by atoms with Crippen molar-refractivity contribution in [2.75, 3.05) is 28.8 Å². The quantitative estimate of drug-likeness (QED) is 0.619. The van der Waals surface area contributed by atoms with Crippen LogP contribution in [0.25, 0.3) is 0 Å². The van der Waals surface area contributed by atoms with Crippen LogP contribution in [0.2, 0.25) is 0 Å². The summed E-state index contributed by atoms with van der Waals surface area (Å²) in [6.45, 7) is 4.92. The third-order valence-electron chi connectivity index (χ3n) is 7.67. The molecule has 0 spiro atoms. The zero-order valence-electron chi connectivity index (χ0n) is 20.3. The lowest BCUT2D eigenvalue weighted by Gasteiger charge is -2.33. The van der Waals surface area contributed by atoms with E-state index in [2.05, 4.69) is 48.2 Å². The summed E-state index contributed by atoms with van der Waals surface area (Å²) in [6.07, 6.45) is 5.62. The highest BCUT2D eigenvalue weighted by Gasteiger charge is 2.33. The minimum absolute atomic E-state index is 0.00707. The van der Waals surface area contributed by atoms with Gasteiger partial charge in [0, 0.05) is 43.6 Å². The second kappa shape index (κ2) is 8.96. The van der Waals surface area contributed by atoms with Gasteiger partial charge in [0.2, 0.25) is 5.91 Å². The van der Waals surface area contributed by atoms with Gasteiger partial charge in [0.1, 0.15) is 11.6 Å². The molecular formula is C26H31N7O2. The first-order valence-electron chi connectivity index (χ1n) is 12.4. The number of ether oxygens (including phenoxy) is 1. The number of rotatable bonds is 3. The van der Waals surface area contributed by atoms with Crippen LogP contribution in [0, 0.1) is 12.8 Å². The van der Waals surface area contributed by atoms with E-state index < -0.39 is 0 Å². The summed E-state index contributed by atoms with van der Waals surface area (Å²) in [4.78, 5) is 22.8. The highest BCUT2D eigenvalue weighted by atomic mass is 16.5. The van der Waals surface area contributed by atoms with Crippen molar-refractivity contribution in [3.05, 3.63) is 53.7 Å². The van der Waals surface area contributed by atoms with Crippen LogP contribution in [0.1, 0.15) is 42.9 Å². The van der Waals surface area contributed by atoms with E-state index in [1.807, 2.05) is 24.0 Å². The first-order valence-corrected chi connectivity index (χ1v) is 12.4. The summed E-state index contributed by atoms with van der Waals surface area (Å²) in [5, 5.41) is 12.1. The van der Waals surface area contributed by atoms with Crippen LogP contribution in [0.3, 0.4) is 0 Å². The number of hydrogen-bond donors (Lipinski definition) is 1. The van der Waals surface area contributed by atoms with Crippen molar-refractivity contribution < 1.29 is 9.53 Å². The van der Waals surface area contributed by atoms with Crippen LogP contribution >= 0.6 is 0 Å². The van der Waals surface area contributed by atoms with E-state index in [1.165, 1.54) is 0 Å². The summed E-state index contributed by atoms with van der Waals surface area (Å²) in [5.41, 5.74) is 3.91. The van der Waals surface area contributed by atoms with Gasteiger partial charge in [0.15, 0.2) is 5.82 Å². The van der Waals surface area contributed by atoms with Crippen molar-refractivity contribution in [1.82, 2.24) is 19.7 Å². The molecule has 1 aromatic carbocycles. The fourth-order valence-electron chi connectivity index (χ4n) is 5.59. The molecule has 2 aliphatic heterocycles. The van der Waals surface area contributed by atoms with E-state index in [0.717, 1.165) is 78.9 Å². The molecule has 9 nitrogen and oxygen atoms in total. The zero-order valence-corrected chi connectivity index (χ0v) is 20.3. The molecule has 35 heavy (non-hydrogen) atoms. The number of aryl methyl sites for hydroxylation is 1. The Labute approximate surface area is 205 Å². The second-order valence-electron chi connectivity index (χ2n) is 9.71. The topological polar surface area (TPSA) is 88.4 Å². The van der Waals surface area contributed by atoms with Gasteiger partial charge in [0.05, 0.1) is 30.6 Å². The number of carbonyl (C=O) groups is 1.